The monoisotopic (exact) mass is 285 g/mol. The summed E-state index contributed by atoms with van der Waals surface area (Å²) >= 11 is 2.07. The summed E-state index contributed by atoms with van der Waals surface area (Å²) in [5.41, 5.74) is 4.36. The Morgan fingerprint density at radius 1 is 1.42 bits per heavy atom. The maximum atomic E-state index is 11.4. The van der Waals surface area contributed by atoms with Gasteiger partial charge in [-0.15, -0.1) is 0 Å². The SMILES string of the molecule is CC(C)(C)OC(=O)C(C)(N)CI. The topological polar surface area (TPSA) is 52.3 Å². The molecule has 0 saturated heterocycles. The van der Waals surface area contributed by atoms with Crippen molar-refractivity contribution in [2.24, 2.45) is 5.73 Å². The number of hydrogen-bond acceptors (Lipinski definition) is 3. The highest BCUT2D eigenvalue weighted by molar-refractivity contribution is 14.1. The molecule has 0 amide bonds. The highest BCUT2D eigenvalue weighted by Gasteiger charge is 2.31. The van der Waals surface area contributed by atoms with Crippen LogP contribution in [0.3, 0.4) is 0 Å². The van der Waals surface area contributed by atoms with Crippen LogP contribution in [0.25, 0.3) is 0 Å². The summed E-state index contributed by atoms with van der Waals surface area (Å²) in [6.07, 6.45) is 0. The Balaban J connectivity index is 4.23. The zero-order valence-corrected chi connectivity index (χ0v) is 10.1. The Bertz CT molecular complexity index is 172. The minimum atomic E-state index is -0.867. The molecule has 0 heterocycles. The fourth-order valence-electron chi connectivity index (χ4n) is 0.449. The molecule has 0 aliphatic carbocycles. The molecule has 1 unspecified atom stereocenters. The Morgan fingerprint density at radius 2 is 1.83 bits per heavy atom. The van der Waals surface area contributed by atoms with Gasteiger partial charge in [-0.3, -0.25) is 4.79 Å². The molecule has 1 atom stereocenters. The number of ether oxygens (including phenoxy) is 1. The number of rotatable bonds is 2. The van der Waals surface area contributed by atoms with Crippen LogP contribution in [0, 0.1) is 0 Å². The van der Waals surface area contributed by atoms with Crippen molar-refractivity contribution in [3.05, 3.63) is 0 Å². The summed E-state index contributed by atoms with van der Waals surface area (Å²) in [7, 11) is 0. The van der Waals surface area contributed by atoms with Gasteiger partial charge in [0.15, 0.2) is 0 Å². The Kier molecular flexibility index (Phi) is 3.96. The maximum absolute atomic E-state index is 11.4. The van der Waals surface area contributed by atoms with Crippen LogP contribution < -0.4 is 5.73 Å². The van der Waals surface area contributed by atoms with Crippen LogP contribution in [0.4, 0.5) is 0 Å². The number of esters is 1. The second-order valence-corrected chi connectivity index (χ2v) is 4.82. The lowest BCUT2D eigenvalue weighted by atomic mass is 10.1. The van der Waals surface area contributed by atoms with E-state index in [1.165, 1.54) is 0 Å². The quantitative estimate of drug-likeness (QED) is 0.475. The molecule has 0 aliphatic rings. The first-order chi connectivity index (χ1) is 5.19. The summed E-state index contributed by atoms with van der Waals surface area (Å²) in [5, 5.41) is 0. The smallest absolute Gasteiger partial charge is 0.327 e. The number of halogens is 1. The van der Waals surface area contributed by atoms with Gasteiger partial charge in [-0.05, 0) is 27.7 Å². The van der Waals surface area contributed by atoms with Gasteiger partial charge in [-0.1, -0.05) is 22.6 Å². The van der Waals surface area contributed by atoms with E-state index in [9.17, 15) is 4.79 Å². The molecule has 0 rings (SSSR count). The lowest BCUT2D eigenvalue weighted by Gasteiger charge is -2.26. The van der Waals surface area contributed by atoms with Gasteiger partial charge in [0.05, 0.1) is 0 Å². The predicted octanol–water partition coefficient (Wildman–Crippen LogP) is 1.48. The molecule has 0 fully saturated rings. The highest BCUT2D eigenvalue weighted by atomic mass is 127. The van der Waals surface area contributed by atoms with Crippen LogP contribution in [0.5, 0.6) is 0 Å². The summed E-state index contributed by atoms with van der Waals surface area (Å²) < 4.78 is 5.68. The Labute approximate surface area is 87.2 Å². The number of nitrogens with two attached hydrogens (primary N) is 1. The van der Waals surface area contributed by atoms with Crippen molar-refractivity contribution < 1.29 is 9.53 Å². The van der Waals surface area contributed by atoms with E-state index >= 15 is 0 Å². The van der Waals surface area contributed by atoms with E-state index in [4.69, 9.17) is 10.5 Å². The molecule has 3 nitrogen and oxygen atoms in total. The molecule has 0 saturated carbocycles. The van der Waals surface area contributed by atoms with Crippen LogP contribution in [0.1, 0.15) is 27.7 Å². The number of carbonyl (C=O) groups is 1. The molecule has 0 aromatic carbocycles. The zero-order chi connectivity index (χ0) is 9.99. The van der Waals surface area contributed by atoms with Crippen molar-refractivity contribution in [3.63, 3.8) is 0 Å². The third-order valence-electron chi connectivity index (χ3n) is 1.14. The molecule has 0 spiro atoms. The first-order valence-corrected chi connectivity index (χ1v) is 5.30. The number of carbonyl (C=O) groups excluding carboxylic acids is 1. The zero-order valence-electron chi connectivity index (χ0n) is 7.98. The molecule has 4 heteroatoms. The van der Waals surface area contributed by atoms with Gasteiger partial charge in [0.25, 0.3) is 0 Å². The molecular weight excluding hydrogens is 269 g/mol. The molecule has 0 radical (unpaired) electrons. The molecule has 12 heavy (non-hydrogen) atoms. The standard InChI is InChI=1S/C8H16INO2/c1-7(2,3)12-6(11)8(4,10)5-9/h5,10H2,1-4H3. The van der Waals surface area contributed by atoms with Gasteiger partial charge in [0.1, 0.15) is 11.1 Å². The Morgan fingerprint density at radius 3 is 2.08 bits per heavy atom. The molecular formula is C8H16INO2. The second-order valence-electron chi connectivity index (χ2n) is 4.05. The van der Waals surface area contributed by atoms with Crippen LogP contribution in [-0.2, 0) is 9.53 Å². The van der Waals surface area contributed by atoms with E-state index in [1.807, 2.05) is 20.8 Å². The fourth-order valence-corrected chi connectivity index (χ4v) is 0.761. The first kappa shape index (κ1) is 12.2. The van der Waals surface area contributed by atoms with Crippen molar-refractivity contribution in [2.75, 3.05) is 4.43 Å². The average molecular weight is 285 g/mol. The molecule has 0 aromatic heterocycles. The van der Waals surface area contributed by atoms with Crippen molar-refractivity contribution in [1.29, 1.82) is 0 Å². The lowest BCUT2D eigenvalue weighted by molar-refractivity contribution is -0.159. The molecule has 0 bridgehead atoms. The van der Waals surface area contributed by atoms with Crippen molar-refractivity contribution in [1.82, 2.24) is 0 Å². The van der Waals surface area contributed by atoms with Crippen molar-refractivity contribution in [2.45, 2.75) is 38.8 Å². The maximum Gasteiger partial charge on any atom is 0.327 e. The van der Waals surface area contributed by atoms with Gasteiger partial charge >= 0.3 is 5.97 Å². The molecule has 0 aromatic rings. The van der Waals surface area contributed by atoms with E-state index < -0.39 is 11.1 Å². The van der Waals surface area contributed by atoms with Gasteiger partial charge in [-0.25, -0.2) is 0 Å². The van der Waals surface area contributed by atoms with Crippen LogP contribution in [-0.4, -0.2) is 21.5 Å². The van der Waals surface area contributed by atoms with Crippen molar-refractivity contribution in [3.8, 4) is 0 Å². The summed E-state index contributed by atoms with van der Waals surface area (Å²) in [6.45, 7) is 7.16. The third-order valence-corrected chi connectivity index (χ3v) is 2.73. The van der Waals surface area contributed by atoms with Crippen LogP contribution in [0.2, 0.25) is 0 Å². The van der Waals surface area contributed by atoms with Crippen LogP contribution >= 0.6 is 22.6 Å². The first-order valence-electron chi connectivity index (χ1n) is 3.77. The summed E-state index contributed by atoms with van der Waals surface area (Å²) in [6, 6.07) is 0. The van der Waals surface area contributed by atoms with E-state index in [1.54, 1.807) is 6.92 Å². The van der Waals surface area contributed by atoms with Crippen LogP contribution in [0.15, 0.2) is 0 Å². The fraction of sp³-hybridized carbons (Fsp3) is 0.875. The van der Waals surface area contributed by atoms with E-state index in [-0.39, 0.29) is 5.97 Å². The largest absolute Gasteiger partial charge is 0.459 e. The van der Waals surface area contributed by atoms with Gasteiger partial charge in [0.2, 0.25) is 0 Å². The van der Waals surface area contributed by atoms with Gasteiger partial charge in [0, 0.05) is 4.43 Å². The van der Waals surface area contributed by atoms with E-state index in [0.29, 0.717) is 4.43 Å². The third kappa shape index (κ3) is 4.25. The Hall–Kier alpha value is 0.160. The highest BCUT2D eigenvalue weighted by Crippen LogP contribution is 2.14. The van der Waals surface area contributed by atoms with Gasteiger partial charge in [-0.2, -0.15) is 0 Å². The molecule has 2 N–H and O–H groups in total. The normalized spacial score (nSPS) is 16.8. The van der Waals surface area contributed by atoms with Crippen molar-refractivity contribution >= 4 is 28.6 Å². The minimum absolute atomic E-state index is 0.343. The number of alkyl halides is 1. The predicted molar refractivity (Wildman–Crippen MR) is 57.3 cm³/mol. The lowest BCUT2D eigenvalue weighted by Crippen LogP contribution is -2.49. The average Bonchev–Trinajstić information content (AvgIpc) is 1.84. The summed E-state index contributed by atoms with van der Waals surface area (Å²) in [4.78, 5) is 11.4. The van der Waals surface area contributed by atoms with E-state index in [0.717, 1.165) is 0 Å². The minimum Gasteiger partial charge on any atom is -0.459 e. The molecule has 72 valence electrons. The number of hydrogen-bond donors (Lipinski definition) is 1. The van der Waals surface area contributed by atoms with Gasteiger partial charge < -0.3 is 10.5 Å². The van der Waals surface area contributed by atoms with E-state index in [2.05, 4.69) is 22.6 Å². The second kappa shape index (κ2) is 3.91. The molecule has 0 aliphatic heterocycles. The summed E-state index contributed by atoms with van der Waals surface area (Å²) in [5.74, 6) is -0.343.